The second kappa shape index (κ2) is 3.53. The Morgan fingerprint density at radius 2 is 2.36 bits per heavy atom. The summed E-state index contributed by atoms with van der Waals surface area (Å²) in [5, 5.41) is 8.97. The lowest BCUT2D eigenvalue weighted by molar-refractivity contribution is 0.0696. The van der Waals surface area contributed by atoms with Crippen LogP contribution in [0, 0.1) is 0 Å². The Morgan fingerprint density at radius 1 is 1.64 bits per heavy atom. The Hall–Kier alpha value is -0.580. The Labute approximate surface area is 90.5 Å². The van der Waals surface area contributed by atoms with E-state index in [1.54, 1.807) is 0 Å². The highest BCUT2D eigenvalue weighted by atomic mass is 35.5. The van der Waals surface area contributed by atoms with Crippen molar-refractivity contribution in [3.63, 3.8) is 0 Å². The SMILES string of the molecule is NC1CCc2c(sc(Cl)c2C(=O)O)C1. The number of fused-ring (bicyclic) bond motifs is 1. The number of thiophene rings is 1. The van der Waals surface area contributed by atoms with E-state index in [0.717, 1.165) is 29.7 Å². The normalized spacial score (nSPS) is 20.6. The predicted molar refractivity (Wildman–Crippen MR) is 56.3 cm³/mol. The van der Waals surface area contributed by atoms with Gasteiger partial charge in [0.25, 0.3) is 0 Å². The van der Waals surface area contributed by atoms with E-state index in [1.165, 1.54) is 11.3 Å². The Kier molecular flexibility index (Phi) is 2.51. The average Bonchev–Trinajstić information content (AvgIpc) is 2.39. The molecule has 1 aromatic heterocycles. The molecule has 5 heteroatoms. The summed E-state index contributed by atoms with van der Waals surface area (Å²) in [6, 6.07) is 0.152. The highest BCUT2D eigenvalue weighted by Gasteiger charge is 2.26. The first-order valence-corrected chi connectivity index (χ1v) is 5.58. The van der Waals surface area contributed by atoms with Gasteiger partial charge in [0, 0.05) is 10.9 Å². The number of nitrogens with two attached hydrogens (primary N) is 1. The van der Waals surface area contributed by atoms with Gasteiger partial charge in [-0.25, -0.2) is 4.79 Å². The van der Waals surface area contributed by atoms with Gasteiger partial charge in [-0.2, -0.15) is 0 Å². The summed E-state index contributed by atoms with van der Waals surface area (Å²) in [6.45, 7) is 0. The number of halogens is 1. The van der Waals surface area contributed by atoms with Crippen LogP contribution >= 0.6 is 22.9 Å². The molecule has 3 nitrogen and oxygen atoms in total. The Balaban J connectivity index is 2.49. The van der Waals surface area contributed by atoms with Gasteiger partial charge in [-0.1, -0.05) is 11.6 Å². The van der Waals surface area contributed by atoms with Crippen LogP contribution in [-0.2, 0) is 12.8 Å². The summed E-state index contributed by atoms with van der Waals surface area (Å²) < 4.78 is 0.386. The molecule has 0 aromatic carbocycles. The first-order valence-electron chi connectivity index (χ1n) is 4.38. The summed E-state index contributed by atoms with van der Waals surface area (Å²) in [7, 11) is 0. The average molecular weight is 232 g/mol. The first kappa shape index (κ1) is 9.96. The Morgan fingerprint density at radius 3 is 3.00 bits per heavy atom. The fourth-order valence-electron chi connectivity index (χ4n) is 1.79. The molecule has 1 atom stereocenters. The molecule has 0 saturated carbocycles. The summed E-state index contributed by atoms with van der Waals surface area (Å²) in [6.07, 6.45) is 2.34. The molecule has 0 saturated heterocycles. The fraction of sp³-hybridized carbons (Fsp3) is 0.444. The second-order valence-corrected chi connectivity index (χ2v) is 5.17. The summed E-state index contributed by atoms with van der Waals surface area (Å²) in [4.78, 5) is 12.0. The van der Waals surface area contributed by atoms with Gasteiger partial charge in [0.2, 0.25) is 0 Å². The highest BCUT2D eigenvalue weighted by molar-refractivity contribution is 7.16. The van der Waals surface area contributed by atoms with Crippen LogP contribution in [0.2, 0.25) is 4.34 Å². The molecule has 0 aliphatic heterocycles. The van der Waals surface area contributed by atoms with Crippen LogP contribution in [0.3, 0.4) is 0 Å². The molecule has 1 aromatic rings. The van der Waals surface area contributed by atoms with Crippen molar-refractivity contribution in [2.45, 2.75) is 25.3 Å². The molecule has 0 spiro atoms. The lowest BCUT2D eigenvalue weighted by atomic mass is 9.93. The second-order valence-electron chi connectivity index (χ2n) is 3.46. The number of carbonyl (C=O) groups is 1. The van der Waals surface area contributed by atoms with Crippen LogP contribution < -0.4 is 5.73 Å². The third-order valence-electron chi connectivity index (χ3n) is 2.47. The molecule has 76 valence electrons. The van der Waals surface area contributed by atoms with Crippen molar-refractivity contribution < 1.29 is 9.90 Å². The third-order valence-corrected chi connectivity index (χ3v) is 3.94. The maximum absolute atomic E-state index is 10.9. The molecule has 0 amide bonds. The highest BCUT2D eigenvalue weighted by Crippen LogP contribution is 2.37. The number of carboxylic acid groups (broad SMARTS) is 1. The largest absolute Gasteiger partial charge is 0.478 e. The number of aromatic carboxylic acids is 1. The molecule has 3 N–H and O–H groups in total. The molecule has 0 radical (unpaired) electrons. The van der Waals surface area contributed by atoms with Crippen molar-refractivity contribution in [3.05, 3.63) is 20.3 Å². The summed E-state index contributed by atoms with van der Waals surface area (Å²) in [5.41, 5.74) is 6.99. The van der Waals surface area contributed by atoms with Crippen molar-refractivity contribution in [1.82, 2.24) is 0 Å². The standard InChI is InChI=1S/C9H10ClNO2S/c10-8-7(9(12)13)5-2-1-4(11)3-6(5)14-8/h4H,1-3,11H2,(H,12,13). The minimum Gasteiger partial charge on any atom is -0.478 e. The zero-order chi connectivity index (χ0) is 10.3. The monoisotopic (exact) mass is 231 g/mol. The van der Waals surface area contributed by atoms with Gasteiger partial charge in [0.05, 0.1) is 5.56 Å². The smallest absolute Gasteiger partial charge is 0.338 e. The third kappa shape index (κ3) is 1.54. The van der Waals surface area contributed by atoms with Crippen molar-refractivity contribution in [2.75, 3.05) is 0 Å². The minimum atomic E-state index is -0.928. The van der Waals surface area contributed by atoms with Gasteiger partial charge in [-0.15, -0.1) is 11.3 Å². The Bertz CT molecular complexity index is 388. The molecular weight excluding hydrogens is 222 g/mol. The van der Waals surface area contributed by atoms with E-state index in [-0.39, 0.29) is 6.04 Å². The van der Waals surface area contributed by atoms with Crippen molar-refractivity contribution >= 4 is 28.9 Å². The fourth-order valence-corrected chi connectivity index (χ4v) is 3.42. The lowest BCUT2D eigenvalue weighted by Gasteiger charge is -2.17. The van der Waals surface area contributed by atoms with Gasteiger partial charge < -0.3 is 10.8 Å². The molecule has 14 heavy (non-hydrogen) atoms. The van der Waals surface area contributed by atoms with E-state index >= 15 is 0 Å². The van der Waals surface area contributed by atoms with E-state index in [1.807, 2.05) is 0 Å². The zero-order valence-electron chi connectivity index (χ0n) is 7.42. The molecule has 0 bridgehead atoms. The first-order chi connectivity index (χ1) is 6.59. The topological polar surface area (TPSA) is 63.3 Å². The zero-order valence-corrected chi connectivity index (χ0v) is 8.99. The van der Waals surface area contributed by atoms with Gasteiger partial charge in [-0.3, -0.25) is 0 Å². The summed E-state index contributed by atoms with van der Waals surface area (Å²) >= 11 is 7.23. The summed E-state index contributed by atoms with van der Waals surface area (Å²) in [5.74, 6) is -0.928. The quantitative estimate of drug-likeness (QED) is 0.776. The maximum Gasteiger partial charge on any atom is 0.338 e. The van der Waals surface area contributed by atoms with Gasteiger partial charge in [0.15, 0.2) is 0 Å². The molecule has 1 heterocycles. The van der Waals surface area contributed by atoms with E-state index < -0.39 is 5.97 Å². The van der Waals surface area contributed by atoms with Crippen molar-refractivity contribution in [2.24, 2.45) is 5.73 Å². The van der Waals surface area contributed by atoms with Gasteiger partial charge in [-0.05, 0) is 24.8 Å². The predicted octanol–water partition coefficient (Wildman–Crippen LogP) is 1.92. The molecule has 1 aliphatic rings. The van der Waals surface area contributed by atoms with Crippen LogP contribution in [0.4, 0.5) is 0 Å². The molecule has 1 aliphatic carbocycles. The van der Waals surface area contributed by atoms with E-state index in [2.05, 4.69) is 0 Å². The lowest BCUT2D eigenvalue weighted by Crippen LogP contribution is -2.27. The van der Waals surface area contributed by atoms with E-state index in [0.29, 0.717) is 9.90 Å². The molecule has 2 rings (SSSR count). The minimum absolute atomic E-state index is 0.152. The van der Waals surface area contributed by atoms with Crippen LogP contribution in [0.5, 0.6) is 0 Å². The van der Waals surface area contributed by atoms with Crippen LogP contribution in [-0.4, -0.2) is 17.1 Å². The van der Waals surface area contributed by atoms with Gasteiger partial charge >= 0.3 is 5.97 Å². The number of hydrogen-bond acceptors (Lipinski definition) is 3. The van der Waals surface area contributed by atoms with Gasteiger partial charge in [0.1, 0.15) is 4.34 Å². The van der Waals surface area contributed by atoms with Crippen LogP contribution in [0.25, 0.3) is 0 Å². The van der Waals surface area contributed by atoms with Crippen LogP contribution in [0.15, 0.2) is 0 Å². The van der Waals surface area contributed by atoms with Crippen LogP contribution in [0.1, 0.15) is 27.2 Å². The number of carboxylic acids is 1. The number of hydrogen-bond donors (Lipinski definition) is 2. The number of rotatable bonds is 1. The van der Waals surface area contributed by atoms with E-state index in [4.69, 9.17) is 22.4 Å². The van der Waals surface area contributed by atoms with E-state index in [9.17, 15) is 4.79 Å². The molecule has 0 fully saturated rings. The molecule has 1 unspecified atom stereocenters. The maximum atomic E-state index is 10.9. The van der Waals surface area contributed by atoms with Crippen molar-refractivity contribution in [1.29, 1.82) is 0 Å². The molecular formula is C9H10ClNO2S. The van der Waals surface area contributed by atoms with Crippen molar-refractivity contribution in [3.8, 4) is 0 Å².